The maximum atomic E-state index is 13.1. The number of fused-ring (bicyclic) bond motifs is 1. The summed E-state index contributed by atoms with van der Waals surface area (Å²) in [5.74, 6) is 2.58. The Morgan fingerprint density at radius 3 is 2.44 bits per heavy atom. The van der Waals surface area contributed by atoms with Crippen molar-refractivity contribution in [2.45, 2.75) is 16.4 Å². The highest BCUT2D eigenvalue weighted by Crippen LogP contribution is 2.36. The van der Waals surface area contributed by atoms with Gasteiger partial charge in [0.1, 0.15) is 11.6 Å². The first-order chi connectivity index (χ1) is 16.5. The molecule has 9 nitrogen and oxygen atoms in total. The van der Waals surface area contributed by atoms with E-state index in [0.29, 0.717) is 37.7 Å². The molecule has 34 heavy (non-hydrogen) atoms. The lowest BCUT2D eigenvalue weighted by atomic mass is 10.2. The summed E-state index contributed by atoms with van der Waals surface area (Å²) in [4.78, 5) is 13.3. The van der Waals surface area contributed by atoms with Crippen molar-refractivity contribution in [3.63, 3.8) is 0 Å². The molecule has 0 atom stereocenters. The molecule has 11 heteroatoms. The molecule has 3 heterocycles. The van der Waals surface area contributed by atoms with Crippen LogP contribution < -0.4 is 10.1 Å². The second-order valence-electron chi connectivity index (χ2n) is 7.87. The number of thioether (sulfide) groups is 1. The van der Waals surface area contributed by atoms with E-state index in [1.165, 1.54) is 28.6 Å². The van der Waals surface area contributed by atoms with Crippen molar-refractivity contribution < 1.29 is 22.7 Å². The van der Waals surface area contributed by atoms with E-state index >= 15 is 0 Å². The Balaban J connectivity index is 1.39. The van der Waals surface area contributed by atoms with Gasteiger partial charge in [-0.25, -0.2) is 13.1 Å². The Bertz CT molecular complexity index is 1300. The van der Waals surface area contributed by atoms with Gasteiger partial charge in [0.2, 0.25) is 10.0 Å². The van der Waals surface area contributed by atoms with Crippen molar-refractivity contribution in [2.75, 3.05) is 38.7 Å². The number of hydrogen-bond acceptors (Lipinski definition) is 7. The summed E-state index contributed by atoms with van der Waals surface area (Å²) < 4.78 is 39.3. The Morgan fingerprint density at radius 1 is 1.06 bits per heavy atom. The number of anilines is 1. The van der Waals surface area contributed by atoms with E-state index in [2.05, 4.69) is 5.32 Å². The third-order valence-electron chi connectivity index (χ3n) is 5.83. The average Bonchev–Trinajstić information content (AvgIpc) is 3.47. The smallest absolute Gasteiger partial charge is 0.256 e. The molecule has 2 aliphatic rings. The van der Waals surface area contributed by atoms with Crippen LogP contribution in [0.15, 0.2) is 53.4 Å². The van der Waals surface area contributed by atoms with Gasteiger partial charge in [0.05, 0.1) is 36.6 Å². The first-order valence-corrected chi connectivity index (χ1v) is 13.4. The summed E-state index contributed by atoms with van der Waals surface area (Å²) in [6, 6.07) is 13.5. The molecule has 0 bridgehead atoms. The maximum absolute atomic E-state index is 13.1. The van der Waals surface area contributed by atoms with Gasteiger partial charge in [-0.2, -0.15) is 21.2 Å². The summed E-state index contributed by atoms with van der Waals surface area (Å²) in [7, 11) is -2.01. The molecular formula is C23H24N4O5S2. The van der Waals surface area contributed by atoms with E-state index < -0.39 is 10.0 Å². The number of ether oxygens (including phenoxy) is 2. The topological polar surface area (TPSA) is 103 Å². The number of carbonyl (C=O) groups is 1. The number of amides is 1. The molecule has 178 valence electrons. The lowest BCUT2D eigenvalue weighted by molar-refractivity contribution is 0.0730. The fourth-order valence-corrected chi connectivity index (χ4v) is 6.39. The average molecular weight is 501 g/mol. The van der Waals surface area contributed by atoms with Gasteiger partial charge < -0.3 is 14.8 Å². The van der Waals surface area contributed by atoms with E-state index in [1.807, 2.05) is 24.3 Å². The van der Waals surface area contributed by atoms with Crippen LogP contribution in [-0.4, -0.2) is 61.8 Å². The van der Waals surface area contributed by atoms with Gasteiger partial charge in [0, 0.05) is 35.7 Å². The van der Waals surface area contributed by atoms with E-state index in [4.69, 9.17) is 14.6 Å². The van der Waals surface area contributed by atoms with Crippen LogP contribution in [0.2, 0.25) is 0 Å². The van der Waals surface area contributed by atoms with Crippen LogP contribution in [0.25, 0.3) is 5.69 Å². The van der Waals surface area contributed by atoms with Crippen LogP contribution in [0.3, 0.4) is 0 Å². The van der Waals surface area contributed by atoms with Crippen LogP contribution in [0.5, 0.6) is 5.75 Å². The van der Waals surface area contributed by atoms with Gasteiger partial charge in [-0.05, 0) is 48.5 Å². The monoisotopic (exact) mass is 500 g/mol. The van der Waals surface area contributed by atoms with Gasteiger partial charge in [-0.3, -0.25) is 4.79 Å². The quantitative estimate of drug-likeness (QED) is 0.555. The predicted molar refractivity (Wildman–Crippen MR) is 129 cm³/mol. The fraction of sp³-hybridized carbons (Fsp3) is 0.304. The number of carbonyl (C=O) groups excluding carboxylic acids is 1. The molecule has 1 aromatic heterocycles. The van der Waals surface area contributed by atoms with Gasteiger partial charge >= 0.3 is 0 Å². The first-order valence-electron chi connectivity index (χ1n) is 10.8. The Morgan fingerprint density at radius 2 is 1.76 bits per heavy atom. The lowest BCUT2D eigenvalue weighted by Crippen LogP contribution is -2.40. The molecular weight excluding hydrogens is 476 g/mol. The zero-order valence-electron chi connectivity index (χ0n) is 18.6. The number of methoxy groups -OCH3 is 1. The number of benzene rings is 2. The molecule has 3 aromatic rings. The molecule has 2 aromatic carbocycles. The number of aromatic nitrogens is 2. The third kappa shape index (κ3) is 4.31. The molecule has 0 aliphatic carbocycles. The van der Waals surface area contributed by atoms with Crippen molar-refractivity contribution in [3.05, 3.63) is 65.4 Å². The number of hydrogen-bond donors (Lipinski definition) is 1. The minimum absolute atomic E-state index is 0.159. The molecule has 1 amide bonds. The number of nitrogens with zero attached hydrogens (tertiary/aromatic N) is 3. The summed E-state index contributed by atoms with van der Waals surface area (Å²) in [5.41, 5.74) is 3.12. The zero-order chi connectivity index (χ0) is 23.7. The van der Waals surface area contributed by atoms with E-state index in [-0.39, 0.29) is 10.8 Å². The minimum atomic E-state index is -3.62. The van der Waals surface area contributed by atoms with Crippen LogP contribution in [0, 0.1) is 0 Å². The fourth-order valence-electron chi connectivity index (χ4n) is 3.95. The standard InChI is InChI=1S/C23H24N4O5S2/c1-31-18-6-4-17(5-7-18)27-22(20-14-33-15-21(20)25-27)24-23(28)16-2-8-19(9-3-16)34(29,30)26-10-12-32-13-11-26/h2-9H,10-15H2,1H3,(H,24,28). The van der Waals surface area contributed by atoms with Crippen molar-refractivity contribution in [1.82, 2.24) is 14.1 Å². The van der Waals surface area contributed by atoms with Crippen molar-refractivity contribution >= 4 is 33.5 Å². The maximum Gasteiger partial charge on any atom is 0.256 e. The highest BCUT2D eigenvalue weighted by atomic mass is 32.2. The Hall–Kier alpha value is -2.86. The molecule has 0 saturated carbocycles. The highest BCUT2D eigenvalue weighted by molar-refractivity contribution is 7.98. The first kappa shape index (κ1) is 22.9. The van der Waals surface area contributed by atoms with Crippen molar-refractivity contribution in [2.24, 2.45) is 0 Å². The predicted octanol–water partition coefficient (Wildman–Crippen LogP) is 2.90. The molecule has 1 fully saturated rings. The number of nitrogens with one attached hydrogen (secondary N) is 1. The Kier molecular flexibility index (Phi) is 6.34. The van der Waals surface area contributed by atoms with Crippen LogP contribution in [-0.2, 0) is 26.3 Å². The zero-order valence-corrected chi connectivity index (χ0v) is 20.2. The molecule has 5 rings (SSSR count). The number of morpholine rings is 1. The van der Waals surface area contributed by atoms with Gasteiger partial charge in [-0.15, -0.1) is 0 Å². The van der Waals surface area contributed by atoms with Gasteiger partial charge in [0.15, 0.2) is 0 Å². The van der Waals surface area contributed by atoms with Crippen molar-refractivity contribution in [3.8, 4) is 11.4 Å². The highest BCUT2D eigenvalue weighted by Gasteiger charge is 2.27. The number of sulfonamides is 1. The van der Waals surface area contributed by atoms with E-state index in [0.717, 1.165) is 34.2 Å². The van der Waals surface area contributed by atoms with Gasteiger partial charge in [0.25, 0.3) is 5.91 Å². The molecule has 0 radical (unpaired) electrons. The van der Waals surface area contributed by atoms with E-state index in [9.17, 15) is 13.2 Å². The molecule has 0 unspecified atom stereocenters. The molecule has 2 aliphatic heterocycles. The van der Waals surface area contributed by atoms with Crippen LogP contribution in [0.4, 0.5) is 5.82 Å². The minimum Gasteiger partial charge on any atom is -0.497 e. The largest absolute Gasteiger partial charge is 0.497 e. The third-order valence-corrected chi connectivity index (χ3v) is 8.71. The summed E-state index contributed by atoms with van der Waals surface area (Å²) >= 11 is 1.75. The molecule has 1 saturated heterocycles. The van der Waals surface area contributed by atoms with Crippen molar-refractivity contribution in [1.29, 1.82) is 0 Å². The summed E-state index contributed by atoms with van der Waals surface area (Å²) in [6.07, 6.45) is 0. The van der Waals surface area contributed by atoms with Crippen LogP contribution in [0.1, 0.15) is 21.6 Å². The second-order valence-corrected chi connectivity index (χ2v) is 10.8. The second kappa shape index (κ2) is 9.41. The van der Waals surface area contributed by atoms with E-state index in [1.54, 1.807) is 23.6 Å². The number of rotatable bonds is 6. The van der Waals surface area contributed by atoms with Crippen LogP contribution >= 0.6 is 11.8 Å². The molecule has 1 N–H and O–H groups in total. The summed E-state index contributed by atoms with van der Waals surface area (Å²) in [6.45, 7) is 1.40. The summed E-state index contributed by atoms with van der Waals surface area (Å²) in [5, 5.41) is 7.70. The normalized spacial score (nSPS) is 16.3. The lowest BCUT2D eigenvalue weighted by Gasteiger charge is -2.26. The molecule has 0 spiro atoms. The Labute approximate surface area is 202 Å². The SMILES string of the molecule is COc1ccc(-n2nc3c(c2NC(=O)c2ccc(S(=O)(=O)N4CCOCC4)cc2)CSC3)cc1. The van der Waals surface area contributed by atoms with Gasteiger partial charge in [-0.1, -0.05) is 0 Å².